The molecule has 0 radical (unpaired) electrons. The largest absolute Gasteiger partial charge is 0.493 e. The second-order valence-electron chi connectivity index (χ2n) is 7.73. The molecular weight excluding hydrogens is 462 g/mol. The van der Waals surface area contributed by atoms with Gasteiger partial charge < -0.3 is 14.2 Å². The van der Waals surface area contributed by atoms with Gasteiger partial charge >= 0.3 is 12.6 Å². The van der Waals surface area contributed by atoms with Crippen molar-refractivity contribution in [2.75, 3.05) is 13.7 Å². The van der Waals surface area contributed by atoms with Crippen LogP contribution < -0.4 is 15.0 Å². The summed E-state index contributed by atoms with van der Waals surface area (Å²) in [5.74, 6) is -1.74. The molecule has 0 aliphatic carbocycles. The number of rotatable bonds is 12. The van der Waals surface area contributed by atoms with Gasteiger partial charge in [0.2, 0.25) is 0 Å². The highest BCUT2D eigenvalue weighted by molar-refractivity contribution is 6.04. The monoisotopic (exact) mass is 488 g/mol. The van der Waals surface area contributed by atoms with E-state index in [1.807, 2.05) is 0 Å². The van der Waals surface area contributed by atoms with E-state index >= 15 is 0 Å². The van der Waals surface area contributed by atoms with Crippen LogP contribution in [-0.4, -0.2) is 41.9 Å². The minimum atomic E-state index is -3.05. The van der Waals surface area contributed by atoms with Crippen LogP contribution >= 0.6 is 0 Å². The van der Waals surface area contributed by atoms with Gasteiger partial charge in [-0.3, -0.25) is 9.59 Å². The van der Waals surface area contributed by atoms with Gasteiger partial charge in [0.25, 0.3) is 5.56 Å². The standard InChI is InChI=1S/C25H26F2N2O6/c1-3-4-5-8-13-29-23(31)18-10-7-6-9-17(18)22(28-29)24(32)34-15-19(30)16-11-12-20(35-25(26)27)21(14-16)33-2/h6-7,9-12,14,25H,3-5,8,13,15H2,1-2H3. The molecule has 0 bridgehead atoms. The molecule has 0 fully saturated rings. The number of aromatic nitrogens is 2. The highest BCUT2D eigenvalue weighted by Gasteiger charge is 2.20. The summed E-state index contributed by atoms with van der Waals surface area (Å²) in [6.07, 6.45) is 3.73. The predicted molar refractivity (Wildman–Crippen MR) is 124 cm³/mol. The summed E-state index contributed by atoms with van der Waals surface area (Å²) in [6, 6.07) is 10.2. The minimum absolute atomic E-state index is 0.0645. The molecule has 8 nitrogen and oxygen atoms in total. The van der Waals surface area contributed by atoms with Gasteiger partial charge in [-0.05, 0) is 30.7 Å². The Kier molecular flexibility index (Phi) is 8.88. The molecular formula is C25H26F2N2O6. The van der Waals surface area contributed by atoms with Crippen molar-refractivity contribution in [1.29, 1.82) is 0 Å². The third kappa shape index (κ3) is 6.40. The summed E-state index contributed by atoms with van der Waals surface area (Å²) in [4.78, 5) is 38.2. The molecule has 0 spiro atoms. The number of esters is 1. The molecule has 0 N–H and O–H groups in total. The van der Waals surface area contributed by atoms with E-state index < -0.39 is 25.0 Å². The van der Waals surface area contributed by atoms with Gasteiger partial charge in [-0.15, -0.1) is 0 Å². The van der Waals surface area contributed by atoms with E-state index in [-0.39, 0.29) is 28.3 Å². The lowest BCUT2D eigenvalue weighted by Crippen LogP contribution is -2.27. The number of carbonyl (C=O) groups is 2. The van der Waals surface area contributed by atoms with Crippen LogP contribution in [0.25, 0.3) is 10.8 Å². The Morgan fingerprint density at radius 1 is 1.03 bits per heavy atom. The fraction of sp³-hybridized carbons (Fsp3) is 0.360. The maximum atomic E-state index is 12.9. The van der Waals surface area contributed by atoms with Crippen LogP contribution in [0, 0.1) is 0 Å². The van der Waals surface area contributed by atoms with Crippen LogP contribution in [0.4, 0.5) is 8.78 Å². The van der Waals surface area contributed by atoms with Crippen molar-refractivity contribution >= 4 is 22.5 Å². The summed E-state index contributed by atoms with van der Waals surface area (Å²) in [7, 11) is 1.25. The summed E-state index contributed by atoms with van der Waals surface area (Å²) in [5.41, 5.74) is -0.292. The Balaban J connectivity index is 1.79. The van der Waals surface area contributed by atoms with Gasteiger partial charge in [-0.25, -0.2) is 9.48 Å². The number of benzene rings is 2. The SMILES string of the molecule is CCCCCCn1nc(C(=O)OCC(=O)c2ccc(OC(F)F)c(OC)c2)c2ccccc2c1=O. The van der Waals surface area contributed by atoms with E-state index in [1.54, 1.807) is 24.3 Å². The zero-order valence-corrected chi connectivity index (χ0v) is 19.5. The number of carbonyl (C=O) groups excluding carboxylic acids is 2. The highest BCUT2D eigenvalue weighted by Crippen LogP contribution is 2.29. The van der Waals surface area contributed by atoms with Gasteiger partial charge in [0.05, 0.1) is 12.5 Å². The number of Topliss-reactive ketones (excluding diaryl/α,β-unsaturated/α-hetero) is 1. The lowest BCUT2D eigenvalue weighted by atomic mass is 10.1. The molecule has 0 aliphatic rings. The average molecular weight is 488 g/mol. The van der Waals surface area contributed by atoms with Crippen LogP contribution in [-0.2, 0) is 11.3 Å². The maximum Gasteiger partial charge on any atom is 0.387 e. The number of ketones is 1. The van der Waals surface area contributed by atoms with Gasteiger partial charge in [0.15, 0.2) is 29.6 Å². The number of halogens is 2. The summed E-state index contributed by atoms with van der Waals surface area (Å²) >= 11 is 0. The fourth-order valence-corrected chi connectivity index (χ4v) is 3.54. The average Bonchev–Trinajstić information content (AvgIpc) is 2.86. The number of hydrogen-bond acceptors (Lipinski definition) is 7. The molecule has 1 aromatic heterocycles. The van der Waals surface area contributed by atoms with E-state index in [4.69, 9.17) is 9.47 Å². The fourth-order valence-electron chi connectivity index (χ4n) is 3.54. The van der Waals surface area contributed by atoms with Crippen molar-refractivity contribution in [2.45, 2.75) is 45.8 Å². The Bertz CT molecular complexity index is 1260. The molecule has 10 heteroatoms. The number of ether oxygens (including phenoxy) is 3. The normalized spacial score (nSPS) is 11.0. The van der Waals surface area contributed by atoms with Crippen LogP contribution in [0.1, 0.15) is 53.5 Å². The number of aryl methyl sites for hydroxylation is 1. The first-order valence-corrected chi connectivity index (χ1v) is 11.2. The number of unbranched alkanes of at least 4 members (excludes halogenated alkanes) is 3. The predicted octanol–water partition coefficient (Wildman–Crippen LogP) is 4.63. The van der Waals surface area contributed by atoms with E-state index in [1.165, 1.54) is 30.0 Å². The van der Waals surface area contributed by atoms with E-state index in [9.17, 15) is 23.2 Å². The molecule has 35 heavy (non-hydrogen) atoms. The quantitative estimate of drug-likeness (QED) is 0.208. The number of hydrogen-bond donors (Lipinski definition) is 0. The van der Waals surface area contributed by atoms with Gasteiger partial charge in [0, 0.05) is 17.5 Å². The van der Waals surface area contributed by atoms with E-state index in [0.29, 0.717) is 17.3 Å². The van der Waals surface area contributed by atoms with Gasteiger partial charge in [-0.2, -0.15) is 13.9 Å². The maximum absolute atomic E-state index is 12.9. The molecule has 0 atom stereocenters. The highest BCUT2D eigenvalue weighted by atomic mass is 19.3. The third-order valence-corrected chi connectivity index (χ3v) is 5.32. The first kappa shape index (κ1) is 25.8. The Morgan fingerprint density at radius 2 is 1.77 bits per heavy atom. The summed E-state index contributed by atoms with van der Waals surface area (Å²) in [5, 5.41) is 4.88. The molecule has 1 heterocycles. The van der Waals surface area contributed by atoms with Gasteiger partial charge in [-0.1, -0.05) is 44.4 Å². The van der Waals surface area contributed by atoms with Crippen molar-refractivity contribution in [3.63, 3.8) is 0 Å². The number of methoxy groups -OCH3 is 1. The molecule has 0 saturated heterocycles. The second-order valence-corrected chi connectivity index (χ2v) is 7.73. The molecule has 3 rings (SSSR count). The van der Waals surface area contributed by atoms with Crippen molar-refractivity contribution in [1.82, 2.24) is 9.78 Å². The number of fused-ring (bicyclic) bond motifs is 1. The minimum Gasteiger partial charge on any atom is -0.493 e. The van der Waals surface area contributed by atoms with E-state index in [2.05, 4.69) is 16.8 Å². The first-order chi connectivity index (χ1) is 16.8. The molecule has 3 aromatic rings. The van der Waals surface area contributed by atoms with Crippen molar-refractivity contribution in [2.24, 2.45) is 0 Å². The van der Waals surface area contributed by atoms with Crippen LogP contribution in [0.5, 0.6) is 11.5 Å². The van der Waals surface area contributed by atoms with Crippen molar-refractivity contribution in [3.05, 3.63) is 64.1 Å². The van der Waals surface area contributed by atoms with Gasteiger partial charge in [0.1, 0.15) is 0 Å². The number of alkyl halides is 2. The Labute approximate surface area is 200 Å². The molecule has 0 unspecified atom stereocenters. The summed E-state index contributed by atoms with van der Waals surface area (Å²) in [6.45, 7) is -1.24. The van der Waals surface area contributed by atoms with E-state index in [0.717, 1.165) is 25.7 Å². The van der Waals surface area contributed by atoms with Crippen LogP contribution in [0.3, 0.4) is 0 Å². The van der Waals surface area contributed by atoms with Crippen molar-refractivity contribution in [3.8, 4) is 11.5 Å². The van der Waals surface area contributed by atoms with Crippen molar-refractivity contribution < 1.29 is 32.6 Å². The molecule has 0 aliphatic heterocycles. The first-order valence-electron chi connectivity index (χ1n) is 11.2. The number of nitrogens with zero attached hydrogens (tertiary/aromatic N) is 2. The summed E-state index contributed by atoms with van der Waals surface area (Å²) < 4.78 is 40.8. The molecule has 0 saturated carbocycles. The lowest BCUT2D eigenvalue weighted by Gasteiger charge is -2.12. The third-order valence-electron chi connectivity index (χ3n) is 5.32. The Hall–Kier alpha value is -3.82. The smallest absolute Gasteiger partial charge is 0.387 e. The second kappa shape index (κ2) is 12.0. The lowest BCUT2D eigenvalue weighted by molar-refractivity contribution is -0.0512. The van der Waals surface area contributed by atoms with Crippen LogP contribution in [0.2, 0.25) is 0 Å². The zero-order chi connectivity index (χ0) is 25.4. The molecule has 186 valence electrons. The zero-order valence-electron chi connectivity index (χ0n) is 19.5. The molecule has 2 aromatic carbocycles. The topological polar surface area (TPSA) is 96.7 Å². The van der Waals surface area contributed by atoms with Crippen LogP contribution in [0.15, 0.2) is 47.3 Å². The molecule has 0 amide bonds. The Morgan fingerprint density at radius 3 is 2.46 bits per heavy atom.